The van der Waals surface area contributed by atoms with Gasteiger partial charge in [0.1, 0.15) is 0 Å². The summed E-state index contributed by atoms with van der Waals surface area (Å²) in [6, 6.07) is 8.40. The second-order valence-corrected chi connectivity index (χ2v) is 3.54. The van der Waals surface area contributed by atoms with Gasteiger partial charge in [-0.1, -0.05) is 18.2 Å². The Bertz CT molecular complexity index is 273. The van der Waals surface area contributed by atoms with Crippen LogP contribution >= 0.6 is 0 Å². The summed E-state index contributed by atoms with van der Waals surface area (Å²) in [7, 11) is 1.95. The van der Waals surface area contributed by atoms with Gasteiger partial charge < -0.3 is 16.4 Å². The van der Waals surface area contributed by atoms with Gasteiger partial charge in [0.2, 0.25) is 0 Å². The van der Waals surface area contributed by atoms with Crippen LogP contribution in [-0.4, -0.2) is 19.6 Å². The maximum Gasteiger partial charge on any atom is 0.0359 e. The molecule has 0 spiro atoms. The third-order valence-corrected chi connectivity index (χ3v) is 2.21. The van der Waals surface area contributed by atoms with Crippen LogP contribution in [0.1, 0.15) is 12.5 Å². The molecule has 0 aromatic heterocycles. The average molecular weight is 193 g/mol. The van der Waals surface area contributed by atoms with Crippen LogP contribution in [0, 0.1) is 0 Å². The zero-order chi connectivity index (χ0) is 10.4. The van der Waals surface area contributed by atoms with E-state index in [1.165, 1.54) is 0 Å². The molecule has 78 valence electrons. The smallest absolute Gasteiger partial charge is 0.0359 e. The maximum atomic E-state index is 5.83. The second kappa shape index (κ2) is 5.62. The number of para-hydroxylation sites is 1. The fraction of sp³-hybridized carbons (Fsp3) is 0.455. The van der Waals surface area contributed by atoms with E-state index >= 15 is 0 Å². The molecule has 0 amide bonds. The standard InChI is InChI=1S/C11H19N3/c1-9(7-13-2)14-8-10-5-3-4-6-11(10)12/h3-6,9,13-14H,7-8,12H2,1-2H3. The van der Waals surface area contributed by atoms with Crippen LogP contribution in [0.3, 0.4) is 0 Å². The Morgan fingerprint density at radius 3 is 2.71 bits per heavy atom. The highest BCUT2D eigenvalue weighted by Gasteiger charge is 2.01. The van der Waals surface area contributed by atoms with Crippen molar-refractivity contribution in [1.82, 2.24) is 10.6 Å². The zero-order valence-electron chi connectivity index (χ0n) is 8.88. The van der Waals surface area contributed by atoms with Gasteiger partial charge in [-0.3, -0.25) is 0 Å². The molecule has 0 aliphatic carbocycles. The Morgan fingerprint density at radius 2 is 2.07 bits per heavy atom. The van der Waals surface area contributed by atoms with Crippen LogP contribution in [0.4, 0.5) is 5.69 Å². The Hall–Kier alpha value is -1.06. The SMILES string of the molecule is CNCC(C)NCc1ccccc1N. The number of likely N-dealkylation sites (N-methyl/N-ethyl adjacent to an activating group) is 1. The lowest BCUT2D eigenvalue weighted by molar-refractivity contribution is 0.523. The number of nitrogens with two attached hydrogens (primary N) is 1. The number of nitrogen functional groups attached to an aromatic ring is 1. The van der Waals surface area contributed by atoms with Crippen LogP contribution in [-0.2, 0) is 6.54 Å². The summed E-state index contributed by atoms with van der Waals surface area (Å²) < 4.78 is 0. The molecule has 3 heteroatoms. The summed E-state index contributed by atoms with van der Waals surface area (Å²) in [4.78, 5) is 0. The van der Waals surface area contributed by atoms with Crippen molar-refractivity contribution in [3.63, 3.8) is 0 Å². The number of benzene rings is 1. The Labute approximate surface area is 85.7 Å². The van der Waals surface area contributed by atoms with Crippen LogP contribution in [0.25, 0.3) is 0 Å². The molecule has 1 unspecified atom stereocenters. The van der Waals surface area contributed by atoms with Crippen LogP contribution in [0.5, 0.6) is 0 Å². The Morgan fingerprint density at radius 1 is 1.36 bits per heavy atom. The molecular weight excluding hydrogens is 174 g/mol. The molecule has 1 aromatic carbocycles. The monoisotopic (exact) mass is 193 g/mol. The molecule has 0 aliphatic rings. The Kier molecular flexibility index (Phi) is 4.43. The molecule has 0 saturated carbocycles. The lowest BCUT2D eigenvalue weighted by Crippen LogP contribution is -2.34. The first-order chi connectivity index (χ1) is 6.74. The first-order valence-electron chi connectivity index (χ1n) is 4.95. The highest BCUT2D eigenvalue weighted by molar-refractivity contribution is 5.46. The van der Waals surface area contributed by atoms with Gasteiger partial charge in [-0.25, -0.2) is 0 Å². The lowest BCUT2D eigenvalue weighted by Gasteiger charge is -2.13. The summed E-state index contributed by atoms with van der Waals surface area (Å²) >= 11 is 0. The molecule has 0 fully saturated rings. The van der Waals surface area contributed by atoms with E-state index in [1.807, 2.05) is 25.2 Å². The Balaban J connectivity index is 2.41. The van der Waals surface area contributed by atoms with E-state index in [1.54, 1.807) is 0 Å². The van der Waals surface area contributed by atoms with Crippen LogP contribution < -0.4 is 16.4 Å². The summed E-state index contributed by atoms with van der Waals surface area (Å²) in [5.41, 5.74) is 7.85. The molecule has 1 aromatic rings. The van der Waals surface area contributed by atoms with E-state index in [4.69, 9.17) is 5.73 Å². The van der Waals surface area contributed by atoms with Crippen molar-refractivity contribution in [2.45, 2.75) is 19.5 Å². The zero-order valence-corrected chi connectivity index (χ0v) is 8.88. The molecule has 0 heterocycles. The third-order valence-electron chi connectivity index (χ3n) is 2.21. The van der Waals surface area contributed by atoms with Crippen molar-refractivity contribution in [3.05, 3.63) is 29.8 Å². The van der Waals surface area contributed by atoms with Gasteiger partial charge in [0.25, 0.3) is 0 Å². The van der Waals surface area contributed by atoms with Crippen molar-refractivity contribution < 1.29 is 0 Å². The maximum absolute atomic E-state index is 5.83. The third kappa shape index (κ3) is 3.36. The van der Waals surface area contributed by atoms with Gasteiger partial charge in [-0.05, 0) is 25.6 Å². The highest BCUT2D eigenvalue weighted by Crippen LogP contribution is 2.09. The number of nitrogens with one attached hydrogen (secondary N) is 2. The molecule has 0 bridgehead atoms. The van der Waals surface area contributed by atoms with E-state index in [0.29, 0.717) is 6.04 Å². The highest BCUT2D eigenvalue weighted by atomic mass is 15.0. The summed E-state index contributed by atoms with van der Waals surface area (Å²) in [6.07, 6.45) is 0. The van der Waals surface area contributed by atoms with Gasteiger partial charge in [0, 0.05) is 24.8 Å². The van der Waals surface area contributed by atoms with E-state index in [2.05, 4.69) is 23.6 Å². The molecule has 0 radical (unpaired) electrons. The average Bonchev–Trinajstić information content (AvgIpc) is 2.17. The van der Waals surface area contributed by atoms with E-state index in [0.717, 1.165) is 24.3 Å². The fourth-order valence-corrected chi connectivity index (χ4v) is 1.36. The van der Waals surface area contributed by atoms with Crippen molar-refractivity contribution >= 4 is 5.69 Å². The normalized spacial score (nSPS) is 12.7. The topological polar surface area (TPSA) is 50.1 Å². The molecule has 1 rings (SSSR count). The predicted molar refractivity (Wildman–Crippen MR) is 61.1 cm³/mol. The van der Waals surface area contributed by atoms with Crippen LogP contribution in [0.2, 0.25) is 0 Å². The van der Waals surface area contributed by atoms with E-state index in [-0.39, 0.29) is 0 Å². The van der Waals surface area contributed by atoms with Gasteiger partial charge >= 0.3 is 0 Å². The predicted octanol–water partition coefficient (Wildman–Crippen LogP) is 0.966. The van der Waals surface area contributed by atoms with Crippen molar-refractivity contribution in [2.24, 2.45) is 0 Å². The molecule has 1 atom stereocenters. The summed E-state index contributed by atoms with van der Waals surface area (Å²) in [5, 5.41) is 6.52. The quantitative estimate of drug-likeness (QED) is 0.611. The van der Waals surface area contributed by atoms with Gasteiger partial charge in [0.05, 0.1) is 0 Å². The van der Waals surface area contributed by atoms with Gasteiger partial charge in [-0.2, -0.15) is 0 Å². The molecule has 0 aliphatic heterocycles. The van der Waals surface area contributed by atoms with Crippen molar-refractivity contribution in [2.75, 3.05) is 19.3 Å². The first kappa shape index (κ1) is 11.0. The molecule has 3 nitrogen and oxygen atoms in total. The molecular formula is C11H19N3. The molecule has 4 N–H and O–H groups in total. The van der Waals surface area contributed by atoms with Crippen molar-refractivity contribution in [1.29, 1.82) is 0 Å². The first-order valence-corrected chi connectivity index (χ1v) is 4.95. The lowest BCUT2D eigenvalue weighted by atomic mass is 10.1. The number of rotatable bonds is 5. The van der Waals surface area contributed by atoms with Gasteiger partial charge in [-0.15, -0.1) is 0 Å². The van der Waals surface area contributed by atoms with Crippen molar-refractivity contribution in [3.8, 4) is 0 Å². The second-order valence-electron chi connectivity index (χ2n) is 3.54. The van der Waals surface area contributed by atoms with E-state index in [9.17, 15) is 0 Å². The summed E-state index contributed by atoms with van der Waals surface area (Å²) in [6.45, 7) is 3.94. The largest absolute Gasteiger partial charge is 0.398 e. The van der Waals surface area contributed by atoms with E-state index < -0.39 is 0 Å². The fourth-order valence-electron chi connectivity index (χ4n) is 1.36. The summed E-state index contributed by atoms with van der Waals surface area (Å²) in [5.74, 6) is 0. The number of hydrogen-bond acceptors (Lipinski definition) is 3. The van der Waals surface area contributed by atoms with Crippen LogP contribution in [0.15, 0.2) is 24.3 Å². The minimum absolute atomic E-state index is 0.458. The number of anilines is 1. The number of hydrogen-bond donors (Lipinski definition) is 3. The minimum Gasteiger partial charge on any atom is -0.398 e. The minimum atomic E-state index is 0.458. The molecule has 14 heavy (non-hydrogen) atoms. The molecule has 0 saturated heterocycles. The van der Waals surface area contributed by atoms with Gasteiger partial charge in [0.15, 0.2) is 0 Å².